The second-order valence-corrected chi connectivity index (χ2v) is 7.11. The number of aromatic nitrogens is 1. The molecule has 0 unspecified atom stereocenters. The number of para-hydroxylation sites is 1. The van der Waals surface area contributed by atoms with Crippen LogP contribution in [-0.4, -0.2) is 22.3 Å². The highest BCUT2D eigenvalue weighted by atomic mass is 19.1. The number of rotatable bonds is 3. The van der Waals surface area contributed by atoms with Crippen LogP contribution in [0.25, 0.3) is 10.9 Å². The molecule has 5 rings (SSSR count). The van der Waals surface area contributed by atoms with Gasteiger partial charge in [-0.25, -0.2) is 9.07 Å². The van der Waals surface area contributed by atoms with E-state index in [1.165, 1.54) is 28.9 Å². The van der Waals surface area contributed by atoms with Crippen molar-refractivity contribution in [3.05, 3.63) is 107 Å². The first-order valence-corrected chi connectivity index (χ1v) is 9.37. The molecule has 0 fully saturated rings. The first kappa shape index (κ1) is 18.0. The molecule has 0 aliphatic carbocycles. The third-order valence-electron chi connectivity index (χ3n) is 5.40. The number of nitrogens with zero attached hydrogens (tertiary/aromatic N) is 2. The standard InChI is InChI=1S/C24H15FN2O3/c1-14-17-6-4-5-9-20(17)26(21(14)22(28)15-10-12-16(25)13-11-15)27-23(29)18-7-2-3-8-19(18)24(27)30/h2-13H,1H3. The van der Waals surface area contributed by atoms with Crippen LogP contribution in [0.5, 0.6) is 0 Å². The Hall–Kier alpha value is -4.06. The Morgan fingerprint density at radius 2 is 1.37 bits per heavy atom. The van der Waals surface area contributed by atoms with Gasteiger partial charge in [-0.3, -0.25) is 14.4 Å². The normalized spacial score (nSPS) is 13.2. The van der Waals surface area contributed by atoms with Crippen molar-refractivity contribution in [3.63, 3.8) is 0 Å². The summed E-state index contributed by atoms with van der Waals surface area (Å²) in [6, 6.07) is 19.0. The van der Waals surface area contributed by atoms with E-state index >= 15 is 0 Å². The number of hydrogen-bond acceptors (Lipinski definition) is 3. The fourth-order valence-electron chi connectivity index (χ4n) is 3.95. The highest BCUT2D eigenvalue weighted by Gasteiger charge is 2.39. The topological polar surface area (TPSA) is 59.4 Å². The van der Waals surface area contributed by atoms with Crippen LogP contribution in [0.2, 0.25) is 0 Å². The molecule has 30 heavy (non-hydrogen) atoms. The molecule has 3 aromatic carbocycles. The number of imide groups is 1. The van der Waals surface area contributed by atoms with Gasteiger partial charge in [-0.1, -0.05) is 30.3 Å². The summed E-state index contributed by atoms with van der Waals surface area (Å²) in [6.45, 7) is 1.77. The molecular formula is C24H15FN2O3. The number of ketones is 1. The lowest BCUT2D eigenvalue weighted by Gasteiger charge is -2.20. The van der Waals surface area contributed by atoms with Gasteiger partial charge in [0.2, 0.25) is 5.78 Å². The summed E-state index contributed by atoms with van der Waals surface area (Å²) in [5.41, 5.74) is 2.24. The van der Waals surface area contributed by atoms with E-state index in [1.54, 1.807) is 43.3 Å². The van der Waals surface area contributed by atoms with Gasteiger partial charge in [0.05, 0.1) is 16.6 Å². The molecule has 0 saturated carbocycles. The minimum absolute atomic E-state index is 0.192. The van der Waals surface area contributed by atoms with Crippen LogP contribution >= 0.6 is 0 Å². The second kappa shape index (κ2) is 6.49. The Labute approximate surface area is 170 Å². The van der Waals surface area contributed by atoms with E-state index in [-0.39, 0.29) is 22.4 Å². The van der Waals surface area contributed by atoms with Gasteiger partial charge in [0.25, 0.3) is 11.8 Å². The van der Waals surface area contributed by atoms with Crippen molar-refractivity contribution in [2.45, 2.75) is 6.92 Å². The molecular weight excluding hydrogens is 383 g/mol. The van der Waals surface area contributed by atoms with Crippen molar-refractivity contribution in [1.82, 2.24) is 4.68 Å². The molecule has 1 aliphatic rings. The average molecular weight is 398 g/mol. The second-order valence-electron chi connectivity index (χ2n) is 7.11. The fourth-order valence-corrected chi connectivity index (χ4v) is 3.95. The molecule has 146 valence electrons. The number of benzene rings is 3. The number of hydrogen-bond donors (Lipinski definition) is 0. The number of fused-ring (bicyclic) bond motifs is 2. The van der Waals surface area contributed by atoms with E-state index in [1.807, 2.05) is 12.1 Å². The zero-order chi connectivity index (χ0) is 21.0. The fraction of sp³-hybridized carbons (Fsp3) is 0.0417. The van der Waals surface area contributed by atoms with E-state index in [2.05, 4.69) is 0 Å². The molecule has 0 atom stereocenters. The van der Waals surface area contributed by atoms with Crippen LogP contribution in [0.1, 0.15) is 42.3 Å². The molecule has 2 amide bonds. The number of halogens is 1. The monoisotopic (exact) mass is 398 g/mol. The Morgan fingerprint density at radius 1 is 0.800 bits per heavy atom. The first-order valence-electron chi connectivity index (χ1n) is 9.37. The van der Waals surface area contributed by atoms with Crippen LogP contribution in [0.4, 0.5) is 4.39 Å². The van der Waals surface area contributed by atoms with E-state index in [9.17, 15) is 18.8 Å². The number of amides is 2. The third kappa shape index (κ3) is 2.43. The summed E-state index contributed by atoms with van der Waals surface area (Å²) >= 11 is 0. The van der Waals surface area contributed by atoms with Gasteiger partial charge in [0, 0.05) is 10.9 Å². The van der Waals surface area contributed by atoms with Crippen molar-refractivity contribution in [2.75, 3.05) is 5.01 Å². The minimum Gasteiger partial charge on any atom is -0.287 e. The lowest BCUT2D eigenvalue weighted by atomic mass is 10.0. The van der Waals surface area contributed by atoms with Gasteiger partial charge < -0.3 is 0 Å². The van der Waals surface area contributed by atoms with Crippen molar-refractivity contribution >= 4 is 28.5 Å². The SMILES string of the molecule is Cc1c(C(=O)c2ccc(F)cc2)n(N2C(=O)c3ccccc3C2=O)c2ccccc12. The molecule has 1 aliphatic heterocycles. The Balaban J connectivity index is 1.78. The first-order chi connectivity index (χ1) is 14.5. The van der Waals surface area contributed by atoms with Crippen molar-refractivity contribution in [2.24, 2.45) is 0 Å². The van der Waals surface area contributed by atoms with Crippen molar-refractivity contribution in [1.29, 1.82) is 0 Å². The molecule has 0 bridgehead atoms. The van der Waals surface area contributed by atoms with E-state index in [4.69, 9.17) is 0 Å². The summed E-state index contributed by atoms with van der Waals surface area (Å²) in [4.78, 5) is 39.7. The zero-order valence-corrected chi connectivity index (χ0v) is 15.9. The molecule has 4 aromatic rings. The summed E-state index contributed by atoms with van der Waals surface area (Å²) in [7, 11) is 0. The van der Waals surface area contributed by atoms with Crippen LogP contribution in [0.3, 0.4) is 0 Å². The van der Waals surface area contributed by atoms with E-state index in [0.29, 0.717) is 11.1 Å². The number of carbonyl (C=O) groups is 3. The average Bonchev–Trinajstić information content (AvgIpc) is 3.19. The van der Waals surface area contributed by atoms with Crippen LogP contribution in [0, 0.1) is 12.7 Å². The summed E-state index contributed by atoms with van der Waals surface area (Å²) in [6.07, 6.45) is 0. The van der Waals surface area contributed by atoms with Gasteiger partial charge in [0.15, 0.2) is 0 Å². The maximum Gasteiger partial charge on any atom is 0.281 e. The molecule has 0 radical (unpaired) electrons. The summed E-state index contributed by atoms with van der Waals surface area (Å²) in [5, 5.41) is 1.76. The van der Waals surface area contributed by atoms with Gasteiger partial charge >= 0.3 is 0 Å². The van der Waals surface area contributed by atoms with Crippen molar-refractivity contribution < 1.29 is 18.8 Å². The molecule has 5 nitrogen and oxygen atoms in total. The third-order valence-corrected chi connectivity index (χ3v) is 5.40. The summed E-state index contributed by atoms with van der Waals surface area (Å²) < 4.78 is 14.8. The number of aryl methyl sites for hydroxylation is 1. The molecule has 6 heteroatoms. The summed E-state index contributed by atoms with van der Waals surface area (Å²) in [5.74, 6) is -1.85. The zero-order valence-electron chi connectivity index (χ0n) is 15.9. The Kier molecular flexibility index (Phi) is 3.89. The van der Waals surface area contributed by atoms with E-state index < -0.39 is 23.4 Å². The molecule has 1 aromatic heterocycles. The maximum absolute atomic E-state index is 13.4. The van der Waals surface area contributed by atoms with Crippen LogP contribution < -0.4 is 5.01 Å². The highest BCUT2D eigenvalue weighted by Crippen LogP contribution is 2.31. The highest BCUT2D eigenvalue weighted by molar-refractivity contribution is 6.31. The van der Waals surface area contributed by atoms with Crippen LogP contribution in [-0.2, 0) is 0 Å². The molecule has 0 spiro atoms. The van der Waals surface area contributed by atoms with Crippen molar-refractivity contribution in [3.8, 4) is 0 Å². The quantitative estimate of drug-likeness (QED) is 0.383. The maximum atomic E-state index is 13.4. The van der Waals surface area contributed by atoms with Gasteiger partial charge in [-0.15, -0.1) is 0 Å². The van der Waals surface area contributed by atoms with Gasteiger partial charge in [-0.05, 0) is 55.0 Å². The van der Waals surface area contributed by atoms with E-state index in [0.717, 1.165) is 10.4 Å². The predicted molar refractivity (Wildman–Crippen MR) is 110 cm³/mol. The van der Waals surface area contributed by atoms with Gasteiger partial charge in [-0.2, -0.15) is 5.01 Å². The smallest absolute Gasteiger partial charge is 0.281 e. The largest absolute Gasteiger partial charge is 0.287 e. The Morgan fingerprint density at radius 3 is 2.00 bits per heavy atom. The minimum atomic E-state index is -0.496. The van der Waals surface area contributed by atoms with Gasteiger partial charge in [0.1, 0.15) is 11.5 Å². The molecule has 2 heterocycles. The predicted octanol–water partition coefficient (Wildman–Crippen LogP) is 4.25. The number of carbonyl (C=O) groups excluding carboxylic acids is 3. The lowest BCUT2D eigenvalue weighted by Crippen LogP contribution is -2.41. The molecule has 0 saturated heterocycles. The Bertz CT molecular complexity index is 1330. The lowest BCUT2D eigenvalue weighted by molar-refractivity contribution is 0.0886. The van der Waals surface area contributed by atoms with Crippen LogP contribution in [0.15, 0.2) is 72.8 Å². The molecule has 0 N–H and O–H groups in total.